The lowest BCUT2D eigenvalue weighted by molar-refractivity contribution is -0.136. The van der Waals surface area contributed by atoms with E-state index in [4.69, 9.17) is 4.74 Å². The number of benzene rings is 2. The van der Waals surface area contributed by atoms with E-state index < -0.39 is 11.8 Å². The molecule has 6 heteroatoms. The maximum atomic E-state index is 11.9. The van der Waals surface area contributed by atoms with Crippen LogP contribution in [0.4, 0.5) is 5.69 Å². The Kier molecular flexibility index (Phi) is 6.47. The Morgan fingerprint density at radius 2 is 1.84 bits per heavy atom. The van der Waals surface area contributed by atoms with Crippen molar-refractivity contribution in [1.29, 1.82) is 0 Å². The standard InChI is InChI=1S/C19H19N3O3/c1-3-12-25-17-11-7-5-9-15(17)13-20-22-19(24)18(23)21-16-10-6-4-8-14(16)2/h3-11,13H,1,12H2,2H3,(H,21,23)(H,22,24)/b20-13+. The Morgan fingerprint density at radius 1 is 1.12 bits per heavy atom. The Bertz CT molecular complexity index is 800. The minimum absolute atomic E-state index is 0.357. The van der Waals surface area contributed by atoms with Gasteiger partial charge in [-0.3, -0.25) is 9.59 Å². The number of aryl methyl sites for hydroxylation is 1. The van der Waals surface area contributed by atoms with Gasteiger partial charge in [-0.1, -0.05) is 43.0 Å². The van der Waals surface area contributed by atoms with Gasteiger partial charge in [-0.05, 0) is 30.7 Å². The van der Waals surface area contributed by atoms with Crippen LogP contribution >= 0.6 is 0 Å². The van der Waals surface area contributed by atoms with E-state index in [2.05, 4.69) is 22.4 Å². The van der Waals surface area contributed by atoms with Crippen molar-refractivity contribution in [1.82, 2.24) is 5.43 Å². The molecule has 0 aliphatic heterocycles. The summed E-state index contributed by atoms with van der Waals surface area (Å²) in [6, 6.07) is 14.4. The van der Waals surface area contributed by atoms with Gasteiger partial charge in [0.2, 0.25) is 0 Å². The molecule has 2 amide bonds. The summed E-state index contributed by atoms with van der Waals surface area (Å²) in [7, 11) is 0. The minimum atomic E-state index is -0.857. The quantitative estimate of drug-likeness (QED) is 0.368. The van der Waals surface area contributed by atoms with E-state index in [0.717, 1.165) is 5.56 Å². The number of para-hydroxylation sites is 2. The SMILES string of the molecule is C=CCOc1ccccc1/C=N/NC(=O)C(=O)Nc1ccccc1C. The summed E-state index contributed by atoms with van der Waals surface area (Å²) in [4.78, 5) is 23.7. The van der Waals surface area contributed by atoms with E-state index in [1.807, 2.05) is 31.2 Å². The van der Waals surface area contributed by atoms with Crippen LogP contribution < -0.4 is 15.5 Å². The zero-order chi connectivity index (χ0) is 18.1. The number of hydrazone groups is 1. The molecule has 0 aromatic heterocycles. The van der Waals surface area contributed by atoms with Gasteiger partial charge in [0, 0.05) is 11.3 Å². The van der Waals surface area contributed by atoms with E-state index in [1.165, 1.54) is 6.21 Å². The van der Waals surface area contributed by atoms with Crippen molar-refractivity contribution in [3.8, 4) is 5.75 Å². The number of carbonyl (C=O) groups is 2. The first kappa shape index (κ1) is 17.9. The highest BCUT2D eigenvalue weighted by molar-refractivity contribution is 6.39. The number of hydrogen-bond acceptors (Lipinski definition) is 4. The molecule has 0 saturated heterocycles. The molecule has 2 rings (SSSR count). The van der Waals surface area contributed by atoms with Gasteiger partial charge in [0.05, 0.1) is 6.21 Å². The predicted octanol–water partition coefficient (Wildman–Crippen LogP) is 2.65. The van der Waals surface area contributed by atoms with Gasteiger partial charge in [-0.15, -0.1) is 0 Å². The number of anilines is 1. The second-order valence-electron chi connectivity index (χ2n) is 5.11. The van der Waals surface area contributed by atoms with Crippen LogP contribution in [0.1, 0.15) is 11.1 Å². The van der Waals surface area contributed by atoms with Gasteiger partial charge in [0.1, 0.15) is 12.4 Å². The Hall–Kier alpha value is -3.41. The van der Waals surface area contributed by atoms with Crippen LogP contribution in [0.25, 0.3) is 0 Å². The van der Waals surface area contributed by atoms with Crippen LogP contribution in [0, 0.1) is 6.92 Å². The fraction of sp³-hybridized carbons (Fsp3) is 0.105. The van der Waals surface area contributed by atoms with Gasteiger partial charge in [0.25, 0.3) is 0 Å². The van der Waals surface area contributed by atoms with Crippen LogP contribution in [-0.2, 0) is 9.59 Å². The summed E-state index contributed by atoms with van der Waals surface area (Å²) in [6.45, 7) is 5.79. The fourth-order valence-corrected chi connectivity index (χ4v) is 1.97. The van der Waals surface area contributed by atoms with Crippen molar-refractivity contribution in [3.63, 3.8) is 0 Å². The van der Waals surface area contributed by atoms with Crippen molar-refractivity contribution in [2.24, 2.45) is 5.10 Å². The summed E-state index contributed by atoms with van der Waals surface area (Å²) in [5.41, 5.74) is 4.31. The Labute approximate surface area is 146 Å². The lowest BCUT2D eigenvalue weighted by Crippen LogP contribution is -2.32. The van der Waals surface area contributed by atoms with Gasteiger partial charge in [-0.2, -0.15) is 5.10 Å². The zero-order valence-corrected chi connectivity index (χ0v) is 13.9. The van der Waals surface area contributed by atoms with Gasteiger partial charge >= 0.3 is 11.8 Å². The highest BCUT2D eigenvalue weighted by Gasteiger charge is 2.13. The summed E-state index contributed by atoms with van der Waals surface area (Å²) in [5, 5.41) is 6.34. The second kappa shape index (κ2) is 9.02. The molecule has 25 heavy (non-hydrogen) atoms. The highest BCUT2D eigenvalue weighted by atomic mass is 16.5. The molecule has 0 heterocycles. The monoisotopic (exact) mass is 337 g/mol. The molecule has 0 unspecified atom stereocenters. The van der Waals surface area contributed by atoms with Crippen LogP contribution in [0.2, 0.25) is 0 Å². The van der Waals surface area contributed by atoms with Gasteiger partial charge < -0.3 is 10.1 Å². The summed E-state index contributed by atoms with van der Waals surface area (Å²) in [6.07, 6.45) is 3.04. The number of ether oxygens (including phenoxy) is 1. The van der Waals surface area contributed by atoms with Gasteiger partial charge in [-0.25, -0.2) is 5.43 Å². The lowest BCUT2D eigenvalue weighted by atomic mass is 10.2. The second-order valence-corrected chi connectivity index (χ2v) is 5.11. The number of nitrogens with zero attached hydrogens (tertiary/aromatic N) is 1. The molecule has 6 nitrogen and oxygen atoms in total. The molecule has 0 saturated carbocycles. The molecular weight excluding hydrogens is 318 g/mol. The predicted molar refractivity (Wildman–Crippen MR) is 97.7 cm³/mol. The summed E-state index contributed by atoms with van der Waals surface area (Å²) in [5.74, 6) is -1.05. The molecule has 0 aliphatic carbocycles. The number of nitrogens with one attached hydrogen (secondary N) is 2. The average molecular weight is 337 g/mol. The molecule has 2 aromatic carbocycles. The van der Waals surface area contributed by atoms with Crippen molar-refractivity contribution >= 4 is 23.7 Å². The number of rotatable bonds is 6. The van der Waals surface area contributed by atoms with E-state index in [0.29, 0.717) is 23.6 Å². The molecule has 0 fully saturated rings. The minimum Gasteiger partial charge on any atom is -0.489 e. The van der Waals surface area contributed by atoms with Crippen molar-refractivity contribution in [2.75, 3.05) is 11.9 Å². The first-order chi connectivity index (χ1) is 12.1. The smallest absolute Gasteiger partial charge is 0.329 e. The molecule has 128 valence electrons. The first-order valence-electron chi connectivity index (χ1n) is 7.64. The summed E-state index contributed by atoms with van der Waals surface area (Å²) >= 11 is 0. The van der Waals surface area contributed by atoms with Crippen LogP contribution in [0.3, 0.4) is 0 Å². The molecule has 0 radical (unpaired) electrons. The maximum Gasteiger partial charge on any atom is 0.329 e. The molecule has 0 spiro atoms. The van der Waals surface area contributed by atoms with E-state index in [9.17, 15) is 9.59 Å². The van der Waals surface area contributed by atoms with Crippen molar-refractivity contribution < 1.29 is 14.3 Å². The summed E-state index contributed by atoms with van der Waals surface area (Å²) < 4.78 is 5.48. The first-order valence-corrected chi connectivity index (χ1v) is 7.64. The zero-order valence-electron chi connectivity index (χ0n) is 13.9. The van der Waals surface area contributed by atoms with Crippen LogP contribution in [0.15, 0.2) is 66.3 Å². The van der Waals surface area contributed by atoms with Crippen LogP contribution in [0.5, 0.6) is 5.75 Å². The van der Waals surface area contributed by atoms with E-state index in [-0.39, 0.29) is 0 Å². The molecular formula is C19H19N3O3. The molecule has 2 aromatic rings. The van der Waals surface area contributed by atoms with Crippen molar-refractivity contribution in [3.05, 3.63) is 72.3 Å². The number of hydrogen-bond donors (Lipinski definition) is 2. The Morgan fingerprint density at radius 3 is 2.60 bits per heavy atom. The third kappa shape index (κ3) is 5.31. The Balaban J connectivity index is 1.95. The molecule has 2 N–H and O–H groups in total. The maximum absolute atomic E-state index is 11.9. The average Bonchev–Trinajstić information content (AvgIpc) is 2.62. The van der Waals surface area contributed by atoms with E-state index >= 15 is 0 Å². The van der Waals surface area contributed by atoms with Crippen LogP contribution in [-0.4, -0.2) is 24.6 Å². The highest BCUT2D eigenvalue weighted by Crippen LogP contribution is 2.15. The van der Waals surface area contributed by atoms with E-state index in [1.54, 1.807) is 30.3 Å². The number of amides is 2. The third-order valence-electron chi connectivity index (χ3n) is 3.24. The molecule has 0 bridgehead atoms. The third-order valence-corrected chi connectivity index (χ3v) is 3.24. The van der Waals surface area contributed by atoms with Gasteiger partial charge in [0.15, 0.2) is 0 Å². The van der Waals surface area contributed by atoms with Crippen molar-refractivity contribution in [2.45, 2.75) is 6.92 Å². The molecule has 0 atom stereocenters. The molecule has 0 aliphatic rings. The fourth-order valence-electron chi connectivity index (χ4n) is 1.97. The lowest BCUT2D eigenvalue weighted by Gasteiger charge is -2.07. The number of carbonyl (C=O) groups excluding carboxylic acids is 2. The largest absolute Gasteiger partial charge is 0.489 e. The normalized spacial score (nSPS) is 10.3. The topological polar surface area (TPSA) is 79.8 Å².